The van der Waals surface area contributed by atoms with E-state index >= 15 is 0 Å². The van der Waals surface area contributed by atoms with Crippen LogP contribution in [0.4, 0.5) is 4.79 Å². The second-order valence-corrected chi connectivity index (χ2v) is 8.39. The highest BCUT2D eigenvalue weighted by molar-refractivity contribution is 6.14. The molecular weight excluding hydrogens is 400 g/mol. The Morgan fingerprint density at radius 1 is 1.10 bits per heavy atom. The van der Waals surface area contributed by atoms with Crippen LogP contribution in [0.25, 0.3) is 0 Å². The molecule has 1 saturated heterocycles. The molecule has 31 heavy (non-hydrogen) atoms. The van der Waals surface area contributed by atoms with Crippen LogP contribution in [0.3, 0.4) is 0 Å². The van der Waals surface area contributed by atoms with E-state index in [1.54, 1.807) is 12.1 Å². The van der Waals surface area contributed by atoms with Gasteiger partial charge in [0.2, 0.25) is 11.8 Å². The topological polar surface area (TPSA) is 116 Å². The third-order valence-electron chi connectivity index (χ3n) is 6.32. The average Bonchev–Trinajstić information content (AvgIpc) is 3.10. The summed E-state index contributed by atoms with van der Waals surface area (Å²) in [5.74, 6) is -1.86. The predicted molar refractivity (Wildman–Crippen MR) is 110 cm³/mol. The van der Waals surface area contributed by atoms with E-state index in [0.717, 1.165) is 37.0 Å². The Bertz CT molecular complexity index is 953. The van der Waals surface area contributed by atoms with Crippen LogP contribution >= 0.6 is 0 Å². The molecule has 2 aliphatic heterocycles. The van der Waals surface area contributed by atoms with Crippen LogP contribution in [0.5, 0.6) is 0 Å². The molecule has 2 N–H and O–H groups in total. The largest absolute Gasteiger partial charge is 0.335 e. The van der Waals surface area contributed by atoms with Crippen LogP contribution in [0.15, 0.2) is 18.2 Å². The highest BCUT2D eigenvalue weighted by Crippen LogP contribution is 2.30. The number of piperidine rings is 1. The first-order valence-electron chi connectivity index (χ1n) is 10.7. The molecular formula is C22H26N4O5. The molecule has 0 aromatic heterocycles. The lowest BCUT2D eigenvalue weighted by atomic mass is 9.96. The Labute approximate surface area is 180 Å². The highest BCUT2D eigenvalue weighted by atomic mass is 16.2. The van der Waals surface area contributed by atoms with E-state index < -0.39 is 29.8 Å². The van der Waals surface area contributed by atoms with Gasteiger partial charge in [-0.15, -0.1) is 0 Å². The summed E-state index contributed by atoms with van der Waals surface area (Å²) >= 11 is 0. The standard InChI is InChI=1S/C22H26N4O5/c1-25(22(31)23-14-7-3-2-4-8-14)20(29)15-9-5-6-13-12-26(21(30)18(13)15)16-10-11-17(27)24-19(16)28/h5-6,9,14,16H,2-4,7-8,10-12H2,1H3,(H,23,31)(H,24,27,28). The lowest BCUT2D eigenvalue weighted by molar-refractivity contribution is -0.136. The quantitative estimate of drug-likeness (QED) is 0.712. The van der Waals surface area contributed by atoms with Crippen LogP contribution in [-0.4, -0.2) is 58.6 Å². The molecule has 9 heteroatoms. The zero-order chi connectivity index (χ0) is 22.1. The van der Waals surface area contributed by atoms with Crippen molar-refractivity contribution in [2.24, 2.45) is 0 Å². The van der Waals surface area contributed by atoms with E-state index in [2.05, 4.69) is 10.6 Å². The highest BCUT2D eigenvalue weighted by Gasteiger charge is 2.41. The molecule has 0 bridgehead atoms. The molecule has 6 amide bonds. The van der Waals surface area contributed by atoms with Crippen LogP contribution in [0.2, 0.25) is 0 Å². The fraction of sp³-hybridized carbons (Fsp3) is 0.500. The Kier molecular flexibility index (Phi) is 5.75. The number of amides is 6. The van der Waals surface area contributed by atoms with E-state index in [4.69, 9.17) is 0 Å². The molecule has 3 aliphatic rings. The van der Waals surface area contributed by atoms with Gasteiger partial charge in [0.05, 0.1) is 11.1 Å². The first-order chi connectivity index (χ1) is 14.9. The van der Waals surface area contributed by atoms with Crippen molar-refractivity contribution in [3.05, 3.63) is 34.9 Å². The predicted octanol–water partition coefficient (Wildman–Crippen LogP) is 1.56. The summed E-state index contributed by atoms with van der Waals surface area (Å²) in [7, 11) is 1.40. The summed E-state index contributed by atoms with van der Waals surface area (Å²) in [5, 5.41) is 5.17. The van der Waals surface area contributed by atoms with Gasteiger partial charge in [-0.2, -0.15) is 0 Å². The normalized spacial score (nSPS) is 21.5. The second kappa shape index (κ2) is 8.49. The maximum absolute atomic E-state index is 13.1. The van der Waals surface area contributed by atoms with E-state index in [-0.39, 0.29) is 42.5 Å². The molecule has 0 spiro atoms. The van der Waals surface area contributed by atoms with Crippen molar-refractivity contribution in [2.45, 2.75) is 63.6 Å². The summed E-state index contributed by atoms with van der Waals surface area (Å²) in [4.78, 5) is 64.9. The minimum absolute atomic E-state index is 0.0580. The molecule has 1 aliphatic carbocycles. The number of rotatable bonds is 3. The van der Waals surface area contributed by atoms with Crippen LogP contribution in [0.1, 0.15) is 71.2 Å². The second-order valence-electron chi connectivity index (χ2n) is 8.39. The number of nitrogens with one attached hydrogen (secondary N) is 2. The van der Waals surface area contributed by atoms with Crippen molar-refractivity contribution in [2.75, 3.05) is 7.05 Å². The fourth-order valence-corrected chi connectivity index (χ4v) is 4.58. The summed E-state index contributed by atoms with van der Waals surface area (Å²) in [6.07, 6.45) is 5.47. The lowest BCUT2D eigenvalue weighted by Gasteiger charge is -2.29. The monoisotopic (exact) mass is 426 g/mol. The summed E-state index contributed by atoms with van der Waals surface area (Å²) in [6, 6.07) is 3.74. The number of hydrogen-bond acceptors (Lipinski definition) is 5. The zero-order valence-electron chi connectivity index (χ0n) is 17.5. The molecule has 1 aromatic carbocycles. The van der Waals surface area contributed by atoms with Gasteiger partial charge in [0.25, 0.3) is 11.8 Å². The number of urea groups is 1. The lowest BCUT2D eigenvalue weighted by Crippen LogP contribution is -2.52. The first-order valence-corrected chi connectivity index (χ1v) is 10.7. The Balaban J connectivity index is 1.51. The summed E-state index contributed by atoms with van der Waals surface area (Å²) < 4.78 is 0. The van der Waals surface area contributed by atoms with Crippen molar-refractivity contribution in [1.82, 2.24) is 20.4 Å². The van der Waals surface area contributed by atoms with Crippen molar-refractivity contribution in [3.8, 4) is 0 Å². The van der Waals surface area contributed by atoms with Gasteiger partial charge < -0.3 is 10.2 Å². The summed E-state index contributed by atoms with van der Waals surface area (Å²) in [6.45, 7) is 0.180. The first kappa shape index (κ1) is 21.0. The van der Waals surface area contributed by atoms with E-state index in [0.29, 0.717) is 5.56 Å². The Hall–Kier alpha value is -3.23. The van der Waals surface area contributed by atoms with Gasteiger partial charge >= 0.3 is 6.03 Å². The minimum atomic E-state index is -0.757. The number of nitrogens with zero attached hydrogens (tertiary/aromatic N) is 2. The molecule has 4 rings (SSSR count). The minimum Gasteiger partial charge on any atom is -0.335 e. The fourth-order valence-electron chi connectivity index (χ4n) is 4.58. The van der Waals surface area contributed by atoms with Crippen molar-refractivity contribution < 1.29 is 24.0 Å². The van der Waals surface area contributed by atoms with Crippen molar-refractivity contribution in [1.29, 1.82) is 0 Å². The van der Waals surface area contributed by atoms with Gasteiger partial charge in [-0.1, -0.05) is 31.4 Å². The molecule has 164 valence electrons. The third-order valence-corrected chi connectivity index (χ3v) is 6.32. The zero-order valence-corrected chi connectivity index (χ0v) is 17.5. The Morgan fingerprint density at radius 2 is 1.84 bits per heavy atom. The van der Waals surface area contributed by atoms with Crippen LogP contribution in [-0.2, 0) is 16.1 Å². The van der Waals surface area contributed by atoms with Crippen LogP contribution in [0, 0.1) is 0 Å². The molecule has 0 radical (unpaired) electrons. The molecule has 2 heterocycles. The summed E-state index contributed by atoms with van der Waals surface area (Å²) in [5.41, 5.74) is 0.981. The molecule has 1 unspecified atom stereocenters. The van der Waals surface area contributed by atoms with E-state index in [1.165, 1.54) is 18.0 Å². The van der Waals surface area contributed by atoms with Gasteiger partial charge in [-0.25, -0.2) is 4.79 Å². The van der Waals surface area contributed by atoms with Gasteiger partial charge in [0.1, 0.15) is 6.04 Å². The van der Waals surface area contributed by atoms with Crippen molar-refractivity contribution >= 4 is 29.7 Å². The molecule has 2 fully saturated rings. The molecule has 1 saturated carbocycles. The van der Waals surface area contributed by atoms with Gasteiger partial charge in [-0.05, 0) is 30.9 Å². The number of fused-ring (bicyclic) bond motifs is 1. The number of carbonyl (C=O) groups is 5. The van der Waals surface area contributed by atoms with Crippen molar-refractivity contribution in [3.63, 3.8) is 0 Å². The van der Waals surface area contributed by atoms with Gasteiger partial charge in [-0.3, -0.25) is 29.4 Å². The van der Waals surface area contributed by atoms with Crippen LogP contribution < -0.4 is 10.6 Å². The van der Waals surface area contributed by atoms with Gasteiger partial charge in [0, 0.05) is 26.1 Å². The molecule has 1 aromatic rings. The van der Waals surface area contributed by atoms with Gasteiger partial charge in [0.15, 0.2) is 0 Å². The average molecular weight is 426 g/mol. The SMILES string of the molecule is CN(C(=O)NC1CCCCC1)C(=O)c1cccc2c1C(=O)N(C1CCC(=O)NC1=O)C2. The Morgan fingerprint density at radius 3 is 2.55 bits per heavy atom. The maximum Gasteiger partial charge on any atom is 0.324 e. The third kappa shape index (κ3) is 4.04. The maximum atomic E-state index is 13.1. The number of carbonyl (C=O) groups excluding carboxylic acids is 5. The van der Waals surface area contributed by atoms with E-state index in [9.17, 15) is 24.0 Å². The van der Waals surface area contributed by atoms with E-state index in [1.807, 2.05) is 0 Å². The number of hydrogen-bond donors (Lipinski definition) is 2. The smallest absolute Gasteiger partial charge is 0.324 e. The number of benzene rings is 1. The number of imide groups is 2. The molecule has 9 nitrogen and oxygen atoms in total. The molecule has 1 atom stereocenters.